The summed E-state index contributed by atoms with van der Waals surface area (Å²) in [6.45, 7) is 0.606. The van der Waals surface area contributed by atoms with E-state index in [9.17, 15) is 14.7 Å². The Morgan fingerprint density at radius 2 is 1.26 bits per heavy atom. The lowest BCUT2D eigenvalue weighted by Crippen LogP contribution is -2.42. The molecule has 0 aliphatic carbocycles. The number of ether oxygens (including phenoxy) is 1. The fourth-order valence-corrected chi connectivity index (χ4v) is 3.78. The predicted octanol–water partition coefficient (Wildman–Crippen LogP) is 5.40. The Balaban J connectivity index is 1.33. The van der Waals surface area contributed by atoms with Gasteiger partial charge in [-0.1, -0.05) is 84.9 Å². The zero-order valence-electron chi connectivity index (χ0n) is 19.3. The second kappa shape index (κ2) is 11.7. The summed E-state index contributed by atoms with van der Waals surface area (Å²) in [5.41, 5.74) is 4.45. The summed E-state index contributed by atoms with van der Waals surface area (Å²) in [7, 11) is 0. The summed E-state index contributed by atoms with van der Waals surface area (Å²) >= 11 is 0. The first-order valence-electron chi connectivity index (χ1n) is 11.5. The molecule has 1 atom stereocenters. The molecule has 2 N–H and O–H groups in total. The van der Waals surface area contributed by atoms with Gasteiger partial charge in [-0.3, -0.25) is 4.79 Å². The number of carbonyl (C=O) groups is 2. The maximum absolute atomic E-state index is 12.7. The van der Waals surface area contributed by atoms with E-state index < -0.39 is 17.9 Å². The summed E-state index contributed by atoms with van der Waals surface area (Å²) in [5.74, 6) is -0.675. The normalized spacial score (nSPS) is 11.4. The Bertz CT molecular complexity index is 1240. The van der Waals surface area contributed by atoms with Gasteiger partial charge < -0.3 is 15.2 Å². The van der Waals surface area contributed by atoms with Crippen LogP contribution in [0, 0.1) is 0 Å². The number of rotatable bonds is 10. The van der Waals surface area contributed by atoms with Crippen LogP contribution in [0.2, 0.25) is 0 Å². The lowest BCUT2D eigenvalue weighted by molar-refractivity contribution is -0.139. The molecular formula is C30H27NO4. The van der Waals surface area contributed by atoms with E-state index in [0.29, 0.717) is 12.2 Å². The Morgan fingerprint density at radius 3 is 1.83 bits per heavy atom. The van der Waals surface area contributed by atoms with Crippen LogP contribution in [0.5, 0.6) is 5.75 Å². The van der Waals surface area contributed by atoms with Gasteiger partial charge in [-0.15, -0.1) is 0 Å². The fourth-order valence-electron chi connectivity index (χ4n) is 3.78. The molecule has 0 aliphatic rings. The molecule has 0 fully saturated rings. The predicted molar refractivity (Wildman–Crippen MR) is 137 cm³/mol. The molecule has 0 heterocycles. The third-order valence-corrected chi connectivity index (χ3v) is 5.72. The van der Waals surface area contributed by atoms with Gasteiger partial charge in [0.2, 0.25) is 0 Å². The smallest absolute Gasteiger partial charge is 0.326 e. The number of carboxylic acid groups (broad SMARTS) is 1. The van der Waals surface area contributed by atoms with E-state index in [2.05, 4.69) is 17.4 Å². The summed E-state index contributed by atoms with van der Waals surface area (Å²) in [6, 6.07) is 33.4. The van der Waals surface area contributed by atoms with Crippen LogP contribution < -0.4 is 10.1 Å². The molecule has 5 nitrogen and oxygen atoms in total. The zero-order chi connectivity index (χ0) is 24.5. The maximum atomic E-state index is 12.7. The summed E-state index contributed by atoms with van der Waals surface area (Å²) in [6.07, 6.45) is 1.07. The minimum absolute atomic E-state index is 0.222. The maximum Gasteiger partial charge on any atom is 0.326 e. The molecule has 1 amide bonds. The van der Waals surface area contributed by atoms with Gasteiger partial charge in [-0.2, -0.15) is 0 Å². The molecule has 0 bridgehead atoms. The highest BCUT2D eigenvalue weighted by molar-refractivity contribution is 5.97. The molecule has 0 aromatic heterocycles. The monoisotopic (exact) mass is 465 g/mol. The Morgan fingerprint density at radius 1 is 0.714 bits per heavy atom. The summed E-state index contributed by atoms with van der Waals surface area (Å²) < 4.78 is 5.85. The van der Waals surface area contributed by atoms with E-state index in [-0.39, 0.29) is 6.42 Å². The highest BCUT2D eigenvalue weighted by Gasteiger charge is 2.21. The van der Waals surface area contributed by atoms with Crippen LogP contribution in [0.25, 0.3) is 11.1 Å². The van der Waals surface area contributed by atoms with Crippen molar-refractivity contribution in [2.75, 3.05) is 6.61 Å². The lowest BCUT2D eigenvalue weighted by Gasteiger charge is -2.15. The number of carbonyl (C=O) groups excluding carboxylic acids is 1. The quantitative estimate of drug-likeness (QED) is 0.329. The number of benzene rings is 4. The van der Waals surface area contributed by atoms with Gasteiger partial charge in [0, 0.05) is 18.4 Å². The van der Waals surface area contributed by atoms with Crippen LogP contribution in [0.15, 0.2) is 109 Å². The average molecular weight is 466 g/mol. The van der Waals surface area contributed by atoms with Crippen LogP contribution in [0.3, 0.4) is 0 Å². The van der Waals surface area contributed by atoms with Crippen LogP contribution in [0.4, 0.5) is 0 Å². The first-order chi connectivity index (χ1) is 17.1. The van der Waals surface area contributed by atoms with E-state index in [1.165, 1.54) is 5.56 Å². The second-order valence-corrected chi connectivity index (χ2v) is 8.24. The van der Waals surface area contributed by atoms with Crippen molar-refractivity contribution in [2.24, 2.45) is 0 Å². The minimum atomic E-state index is -1.06. The molecule has 4 aromatic rings. The van der Waals surface area contributed by atoms with Gasteiger partial charge in [0.15, 0.2) is 0 Å². The van der Waals surface area contributed by atoms with E-state index in [1.54, 1.807) is 12.1 Å². The van der Waals surface area contributed by atoms with Crippen LogP contribution >= 0.6 is 0 Å². The molecule has 4 aromatic carbocycles. The van der Waals surface area contributed by atoms with Crippen molar-refractivity contribution in [3.8, 4) is 16.9 Å². The number of hydrogen-bond donors (Lipinski definition) is 2. The van der Waals surface area contributed by atoms with Crippen molar-refractivity contribution in [1.82, 2.24) is 5.32 Å². The number of carboxylic acids is 1. The third-order valence-electron chi connectivity index (χ3n) is 5.72. The van der Waals surface area contributed by atoms with E-state index in [1.807, 2.05) is 84.9 Å². The number of amides is 1. The van der Waals surface area contributed by atoms with Gasteiger partial charge in [0.1, 0.15) is 11.8 Å². The Kier molecular flexibility index (Phi) is 7.92. The van der Waals surface area contributed by atoms with Crippen molar-refractivity contribution < 1.29 is 19.4 Å². The third kappa shape index (κ3) is 6.81. The van der Waals surface area contributed by atoms with Crippen molar-refractivity contribution >= 4 is 11.9 Å². The van der Waals surface area contributed by atoms with Gasteiger partial charge in [-0.05, 0) is 46.5 Å². The van der Waals surface area contributed by atoms with Crippen molar-refractivity contribution in [1.29, 1.82) is 0 Å². The van der Waals surface area contributed by atoms with Crippen LogP contribution in [0.1, 0.15) is 21.5 Å². The molecule has 0 saturated carbocycles. The first kappa shape index (κ1) is 23.8. The van der Waals surface area contributed by atoms with Gasteiger partial charge >= 0.3 is 5.97 Å². The average Bonchev–Trinajstić information content (AvgIpc) is 2.90. The minimum Gasteiger partial charge on any atom is -0.493 e. The van der Waals surface area contributed by atoms with Gasteiger partial charge in [0.25, 0.3) is 5.91 Å². The highest BCUT2D eigenvalue weighted by atomic mass is 16.5. The molecule has 0 aliphatic heterocycles. The molecule has 0 radical (unpaired) electrons. The Hall–Kier alpha value is -4.38. The molecular weight excluding hydrogens is 438 g/mol. The second-order valence-electron chi connectivity index (χ2n) is 8.24. The molecule has 4 rings (SSSR count). The van der Waals surface area contributed by atoms with Crippen molar-refractivity contribution in [3.63, 3.8) is 0 Å². The molecule has 1 unspecified atom stereocenters. The molecule has 5 heteroatoms. The van der Waals surface area contributed by atoms with Gasteiger partial charge in [-0.25, -0.2) is 4.79 Å². The number of aliphatic carboxylic acids is 1. The standard InChI is InChI=1S/C30H27NO4/c32-29(31-28(30(33)34)21-23-9-5-2-6-10-23)26-13-11-24(12-14-26)25-15-17-27(18-16-25)35-20-19-22-7-3-1-4-8-22/h1-18,28H,19-21H2,(H,31,32)(H,33,34). The van der Waals surface area contributed by atoms with Crippen molar-refractivity contribution in [2.45, 2.75) is 18.9 Å². The largest absolute Gasteiger partial charge is 0.493 e. The van der Waals surface area contributed by atoms with Crippen molar-refractivity contribution in [3.05, 3.63) is 126 Å². The SMILES string of the molecule is O=C(NC(Cc1ccccc1)C(=O)O)c1ccc(-c2ccc(OCCc3ccccc3)cc2)cc1. The van der Waals surface area contributed by atoms with E-state index in [4.69, 9.17) is 4.74 Å². The van der Waals surface area contributed by atoms with E-state index in [0.717, 1.165) is 28.9 Å². The highest BCUT2D eigenvalue weighted by Crippen LogP contribution is 2.23. The van der Waals surface area contributed by atoms with Crippen LogP contribution in [-0.2, 0) is 17.6 Å². The fraction of sp³-hybridized carbons (Fsp3) is 0.133. The zero-order valence-corrected chi connectivity index (χ0v) is 19.3. The molecule has 35 heavy (non-hydrogen) atoms. The number of nitrogens with one attached hydrogen (secondary N) is 1. The molecule has 176 valence electrons. The number of hydrogen-bond acceptors (Lipinski definition) is 3. The van der Waals surface area contributed by atoms with Gasteiger partial charge in [0.05, 0.1) is 6.61 Å². The topological polar surface area (TPSA) is 75.6 Å². The first-order valence-corrected chi connectivity index (χ1v) is 11.5. The van der Waals surface area contributed by atoms with E-state index >= 15 is 0 Å². The lowest BCUT2D eigenvalue weighted by atomic mass is 10.0. The molecule has 0 spiro atoms. The summed E-state index contributed by atoms with van der Waals surface area (Å²) in [4.78, 5) is 24.3. The Labute approximate surface area is 205 Å². The molecule has 0 saturated heterocycles. The van der Waals surface area contributed by atoms with Crippen LogP contribution in [-0.4, -0.2) is 29.6 Å². The summed E-state index contributed by atoms with van der Waals surface area (Å²) in [5, 5.41) is 12.2.